The third kappa shape index (κ3) is 3.95. The van der Waals surface area contributed by atoms with E-state index in [1.165, 1.54) is 4.90 Å². The summed E-state index contributed by atoms with van der Waals surface area (Å²) >= 11 is 0. The molecule has 0 saturated carbocycles. The monoisotopic (exact) mass is 467 g/mol. The number of aliphatic hydroxyl groups is 1. The number of aryl methyl sites for hydroxylation is 1. The molecule has 1 atom stereocenters. The molecular formula is C27H21N3O5. The van der Waals surface area contributed by atoms with Crippen LogP contribution in [0, 0.1) is 6.92 Å². The average molecular weight is 467 g/mol. The van der Waals surface area contributed by atoms with E-state index >= 15 is 0 Å². The second-order valence-corrected chi connectivity index (χ2v) is 7.99. The molecule has 1 aliphatic heterocycles. The summed E-state index contributed by atoms with van der Waals surface area (Å²) in [5, 5.41) is 15.1. The van der Waals surface area contributed by atoms with E-state index in [0.717, 1.165) is 0 Å². The predicted molar refractivity (Wildman–Crippen MR) is 129 cm³/mol. The lowest BCUT2D eigenvalue weighted by atomic mass is 9.95. The molecule has 2 heterocycles. The van der Waals surface area contributed by atoms with Gasteiger partial charge in [-0.2, -0.15) is 4.98 Å². The Bertz CT molecular complexity index is 1420. The van der Waals surface area contributed by atoms with Crippen LogP contribution in [0.3, 0.4) is 0 Å². The lowest BCUT2D eigenvalue weighted by Crippen LogP contribution is -2.29. The van der Waals surface area contributed by atoms with Crippen LogP contribution in [0.15, 0.2) is 89.0 Å². The van der Waals surface area contributed by atoms with Crippen LogP contribution in [0.2, 0.25) is 0 Å². The molecule has 4 aromatic rings. The normalized spacial score (nSPS) is 17.1. The maximum atomic E-state index is 13.3. The van der Waals surface area contributed by atoms with E-state index in [4.69, 9.17) is 9.26 Å². The summed E-state index contributed by atoms with van der Waals surface area (Å²) in [6.45, 7) is 1.70. The molecule has 1 aliphatic rings. The number of nitrogens with zero attached hydrogens (tertiary/aromatic N) is 3. The van der Waals surface area contributed by atoms with Crippen LogP contribution in [-0.2, 0) is 9.59 Å². The zero-order chi connectivity index (χ0) is 24.5. The van der Waals surface area contributed by atoms with Crippen molar-refractivity contribution in [2.75, 3.05) is 12.0 Å². The molecule has 1 amide bonds. The van der Waals surface area contributed by atoms with Crippen LogP contribution in [-0.4, -0.2) is 34.0 Å². The Morgan fingerprint density at radius 1 is 0.971 bits per heavy atom. The molecule has 0 bridgehead atoms. The molecule has 0 radical (unpaired) electrons. The standard InChI is InChI=1S/C27H21N3O5/c1-16-28-26(29-35-16)19-8-12-20(13-9-19)30-23(17-6-4-3-5-7-17)22(25(32)27(30)33)24(31)18-10-14-21(34-2)15-11-18/h3-15,23,31H,1-2H3. The number of methoxy groups -OCH3 is 1. The van der Waals surface area contributed by atoms with E-state index < -0.39 is 17.7 Å². The summed E-state index contributed by atoms with van der Waals surface area (Å²) < 4.78 is 10.2. The molecule has 0 aliphatic carbocycles. The molecule has 1 aromatic heterocycles. The molecule has 8 nitrogen and oxygen atoms in total. The number of aliphatic hydroxyl groups excluding tert-OH is 1. The molecule has 35 heavy (non-hydrogen) atoms. The van der Waals surface area contributed by atoms with Gasteiger partial charge in [-0.3, -0.25) is 14.5 Å². The van der Waals surface area contributed by atoms with Crippen LogP contribution in [0.1, 0.15) is 23.1 Å². The van der Waals surface area contributed by atoms with Gasteiger partial charge in [0.15, 0.2) is 0 Å². The lowest BCUT2D eigenvalue weighted by Gasteiger charge is -2.25. The fourth-order valence-electron chi connectivity index (χ4n) is 4.14. The van der Waals surface area contributed by atoms with Crippen LogP contribution in [0.5, 0.6) is 5.75 Å². The van der Waals surface area contributed by atoms with Crippen molar-refractivity contribution in [3.8, 4) is 17.1 Å². The van der Waals surface area contributed by atoms with Crippen LogP contribution < -0.4 is 9.64 Å². The maximum Gasteiger partial charge on any atom is 0.300 e. The fraction of sp³-hybridized carbons (Fsp3) is 0.111. The number of ketones is 1. The van der Waals surface area contributed by atoms with E-state index in [0.29, 0.717) is 39.8 Å². The van der Waals surface area contributed by atoms with Crippen molar-refractivity contribution in [1.29, 1.82) is 0 Å². The summed E-state index contributed by atoms with van der Waals surface area (Å²) in [5.74, 6) is -0.255. The Morgan fingerprint density at radius 2 is 1.66 bits per heavy atom. The van der Waals surface area contributed by atoms with Gasteiger partial charge in [0.05, 0.1) is 18.7 Å². The number of amides is 1. The van der Waals surface area contributed by atoms with Crippen molar-refractivity contribution >= 4 is 23.1 Å². The summed E-state index contributed by atoms with van der Waals surface area (Å²) in [5.41, 5.74) is 2.33. The number of Topliss-reactive ketones (excluding diaryl/α,β-unsaturated/α-hetero) is 1. The Kier molecular flexibility index (Phi) is 5.62. The third-order valence-electron chi connectivity index (χ3n) is 5.85. The van der Waals surface area contributed by atoms with Crippen molar-refractivity contribution < 1.29 is 24.0 Å². The highest BCUT2D eigenvalue weighted by Crippen LogP contribution is 2.42. The number of hydrogen-bond donors (Lipinski definition) is 1. The molecule has 8 heteroatoms. The van der Waals surface area contributed by atoms with Gasteiger partial charge in [0.1, 0.15) is 11.5 Å². The van der Waals surface area contributed by atoms with Gasteiger partial charge in [-0.1, -0.05) is 35.5 Å². The van der Waals surface area contributed by atoms with Crippen LogP contribution in [0.4, 0.5) is 5.69 Å². The molecule has 5 rings (SSSR count). The van der Waals surface area contributed by atoms with Crippen molar-refractivity contribution in [2.24, 2.45) is 0 Å². The summed E-state index contributed by atoms with van der Waals surface area (Å²) in [4.78, 5) is 32.1. The number of anilines is 1. The first-order valence-electron chi connectivity index (χ1n) is 10.9. The molecule has 3 aromatic carbocycles. The molecule has 0 spiro atoms. The first-order valence-corrected chi connectivity index (χ1v) is 10.9. The minimum Gasteiger partial charge on any atom is -0.507 e. The second-order valence-electron chi connectivity index (χ2n) is 7.99. The molecule has 1 unspecified atom stereocenters. The van der Waals surface area contributed by atoms with E-state index in [9.17, 15) is 14.7 Å². The van der Waals surface area contributed by atoms with E-state index in [1.54, 1.807) is 62.6 Å². The topological polar surface area (TPSA) is 106 Å². The molecule has 1 N–H and O–H groups in total. The highest BCUT2D eigenvalue weighted by atomic mass is 16.5. The van der Waals surface area contributed by atoms with E-state index in [1.807, 2.05) is 30.3 Å². The number of carbonyl (C=O) groups is 2. The Balaban J connectivity index is 1.62. The van der Waals surface area contributed by atoms with Crippen molar-refractivity contribution in [3.63, 3.8) is 0 Å². The number of ether oxygens (including phenoxy) is 1. The molecule has 1 saturated heterocycles. The minimum atomic E-state index is -0.809. The quantitative estimate of drug-likeness (QED) is 0.258. The Labute approximate surface area is 201 Å². The number of benzene rings is 3. The number of carbonyl (C=O) groups excluding carboxylic acids is 2. The summed E-state index contributed by atoms with van der Waals surface area (Å²) in [7, 11) is 1.54. The Hall–Kier alpha value is -4.72. The van der Waals surface area contributed by atoms with Gasteiger partial charge in [0.25, 0.3) is 11.7 Å². The van der Waals surface area contributed by atoms with Gasteiger partial charge in [-0.15, -0.1) is 0 Å². The van der Waals surface area contributed by atoms with Crippen molar-refractivity contribution in [2.45, 2.75) is 13.0 Å². The smallest absolute Gasteiger partial charge is 0.300 e. The zero-order valence-electron chi connectivity index (χ0n) is 19.0. The predicted octanol–water partition coefficient (Wildman–Crippen LogP) is 4.68. The number of rotatable bonds is 5. The summed E-state index contributed by atoms with van der Waals surface area (Å²) in [6.07, 6.45) is 0. The van der Waals surface area contributed by atoms with Gasteiger partial charge >= 0.3 is 0 Å². The minimum absolute atomic E-state index is 0.0178. The van der Waals surface area contributed by atoms with Gasteiger partial charge in [0, 0.05) is 23.7 Å². The van der Waals surface area contributed by atoms with Crippen LogP contribution in [0.25, 0.3) is 17.1 Å². The van der Waals surface area contributed by atoms with Gasteiger partial charge in [-0.25, -0.2) is 0 Å². The first-order chi connectivity index (χ1) is 17.0. The molecule has 174 valence electrons. The zero-order valence-corrected chi connectivity index (χ0v) is 19.0. The third-order valence-corrected chi connectivity index (χ3v) is 5.85. The summed E-state index contributed by atoms with van der Waals surface area (Å²) in [6, 6.07) is 21.9. The average Bonchev–Trinajstić information content (AvgIpc) is 3.45. The fourth-order valence-corrected chi connectivity index (χ4v) is 4.14. The largest absolute Gasteiger partial charge is 0.507 e. The second kappa shape index (κ2) is 8.90. The van der Waals surface area contributed by atoms with E-state index in [-0.39, 0.29) is 11.3 Å². The van der Waals surface area contributed by atoms with Gasteiger partial charge in [0.2, 0.25) is 11.7 Å². The first kappa shape index (κ1) is 22.1. The molecular weight excluding hydrogens is 446 g/mol. The van der Waals surface area contributed by atoms with Gasteiger partial charge < -0.3 is 14.4 Å². The van der Waals surface area contributed by atoms with Crippen molar-refractivity contribution in [3.05, 3.63) is 101 Å². The lowest BCUT2D eigenvalue weighted by molar-refractivity contribution is -0.132. The highest BCUT2D eigenvalue weighted by molar-refractivity contribution is 6.51. The number of hydrogen-bond acceptors (Lipinski definition) is 7. The Morgan fingerprint density at radius 3 is 2.26 bits per heavy atom. The molecule has 1 fully saturated rings. The highest BCUT2D eigenvalue weighted by Gasteiger charge is 2.46. The van der Waals surface area contributed by atoms with Crippen molar-refractivity contribution in [1.82, 2.24) is 10.1 Å². The van der Waals surface area contributed by atoms with Crippen LogP contribution >= 0.6 is 0 Å². The maximum absolute atomic E-state index is 13.3. The van der Waals surface area contributed by atoms with E-state index in [2.05, 4.69) is 10.1 Å². The van der Waals surface area contributed by atoms with Gasteiger partial charge in [-0.05, 0) is 54.1 Å². The SMILES string of the molecule is COc1ccc(C(O)=C2C(=O)C(=O)N(c3ccc(-c4noc(C)n4)cc3)C2c2ccccc2)cc1. The number of aromatic nitrogens is 2.